The van der Waals surface area contributed by atoms with Crippen LogP contribution in [0.25, 0.3) is 11.1 Å². The Morgan fingerprint density at radius 3 is 2.54 bits per heavy atom. The van der Waals surface area contributed by atoms with E-state index in [9.17, 15) is 9.59 Å². The maximum absolute atomic E-state index is 12.4. The summed E-state index contributed by atoms with van der Waals surface area (Å²) < 4.78 is 16.0. The maximum atomic E-state index is 12.4. The number of aryl methyl sites for hydroxylation is 1. The lowest BCUT2D eigenvalue weighted by atomic mass is 10.0. The fourth-order valence-electron chi connectivity index (χ4n) is 3.55. The SMILES string of the molecule is CCCCOc1cc(CCC(=O)OC)ccc1-c1csc(CNCC(=O)c2ccc(OC)cc2)c1. The molecule has 0 aliphatic rings. The first-order valence-electron chi connectivity index (χ1n) is 11.8. The molecule has 0 saturated carbocycles. The third-order valence-corrected chi connectivity index (χ3v) is 6.55. The van der Waals surface area contributed by atoms with Gasteiger partial charge in [-0.1, -0.05) is 25.5 Å². The predicted octanol–water partition coefficient (Wildman–Crippen LogP) is 5.68. The third-order valence-electron chi connectivity index (χ3n) is 5.61. The number of hydrogen-bond donors (Lipinski definition) is 1. The van der Waals surface area contributed by atoms with Crippen molar-refractivity contribution in [3.63, 3.8) is 0 Å². The van der Waals surface area contributed by atoms with Gasteiger partial charge in [0.1, 0.15) is 11.5 Å². The van der Waals surface area contributed by atoms with E-state index >= 15 is 0 Å². The fraction of sp³-hybridized carbons (Fsp3) is 0.357. The van der Waals surface area contributed by atoms with Gasteiger partial charge in [-0.2, -0.15) is 0 Å². The minimum atomic E-state index is -0.219. The van der Waals surface area contributed by atoms with Gasteiger partial charge in [-0.15, -0.1) is 11.3 Å². The molecule has 0 saturated heterocycles. The Morgan fingerprint density at radius 2 is 1.83 bits per heavy atom. The van der Waals surface area contributed by atoms with Gasteiger partial charge in [0.2, 0.25) is 0 Å². The van der Waals surface area contributed by atoms with Crippen LogP contribution in [0.2, 0.25) is 0 Å². The van der Waals surface area contributed by atoms with Crippen LogP contribution in [-0.2, 0) is 22.5 Å². The lowest BCUT2D eigenvalue weighted by molar-refractivity contribution is -0.140. The van der Waals surface area contributed by atoms with Crippen molar-refractivity contribution in [2.45, 2.75) is 39.2 Å². The second-order valence-corrected chi connectivity index (χ2v) is 9.16. The standard InChI is InChI=1S/C28H33NO5S/c1-4-5-14-34-27-15-20(7-13-28(31)33-3)6-12-25(27)22-16-24(35-19-22)17-29-18-26(30)21-8-10-23(32-2)11-9-21/h6,8-12,15-16,19,29H,4-5,7,13-14,17-18H2,1-3H3. The topological polar surface area (TPSA) is 73.9 Å². The van der Waals surface area contributed by atoms with E-state index in [1.165, 1.54) is 7.11 Å². The number of unbranched alkanes of at least 4 members (excludes halogenated alkanes) is 1. The Balaban J connectivity index is 1.63. The Kier molecular flexibility index (Phi) is 10.3. The monoisotopic (exact) mass is 495 g/mol. The number of ether oxygens (including phenoxy) is 3. The molecule has 0 atom stereocenters. The summed E-state index contributed by atoms with van der Waals surface area (Å²) in [4.78, 5) is 25.1. The van der Waals surface area contributed by atoms with Crippen molar-refractivity contribution >= 4 is 23.1 Å². The molecule has 2 aromatic carbocycles. The van der Waals surface area contributed by atoms with Crippen molar-refractivity contribution in [3.8, 4) is 22.6 Å². The summed E-state index contributed by atoms with van der Waals surface area (Å²) in [6.07, 6.45) is 2.99. The average molecular weight is 496 g/mol. The van der Waals surface area contributed by atoms with E-state index in [0.717, 1.165) is 45.9 Å². The smallest absolute Gasteiger partial charge is 0.305 e. The molecule has 186 valence electrons. The van der Waals surface area contributed by atoms with Crippen LogP contribution in [0.1, 0.15) is 47.0 Å². The first-order chi connectivity index (χ1) is 17.0. The maximum Gasteiger partial charge on any atom is 0.305 e. The second kappa shape index (κ2) is 13.7. The minimum Gasteiger partial charge on any atom is -0.497 e. The first kappa shape index (κ1) is 26.4. The molecule has 0 spiro atoms. The number of hydrogen-bond acceptors (Lipinski definition) is 7. The summed E-state index contributed by atoms with van der Waals surface area (Å²) in [6, 6.07) is 15.4. The number of thiophene rings is 1. The molecule has 3 rings (SSSR count). The van der Waals surface area contributed by atoms with E-state index in [4.69, 9.17) is 14.2 Å². The molecule has 0 fully saturated rings. The Labute approximate surface area is 211 Å². The number of rotatable bonds is 14. The highest BCUT2D eigenvalue weighted by molar-refractivity contribution is 7.10. The summed E-state index contributed by atoms with van der Waals surface area (Å²) in [5, 5.41) is 5.36. The molecule has 3 aromatic rings. The van der Waals surface area contributed by atoms with Crippen molar-refractivity contribution in [1.82, 2.24) is 5.32 Å². The molecule has 0 amide bonds. The molecule has 0 unspecified atom stereocenters. The van der Waals surface area contributed by atoms with Gasteiger partial charge in [0.25, 0.3) is 0 Å². The molecule has 0 aliphatic heterocycles. The van der Waals surface area contributed by atoms with E-state index in [1.807, 2.05) is 12.1 Å². The summed E-state index contributed by atoms with van der Waals surface area (Å²) in [7, 11) is 3.01. The van der Waals surface area contributed by atoms with Crippen LogP contribution in [0.15, 0.2) is 53.9 Å². The average Bonchev–Trinajstić information content (AvgIpc) is 3.36. The Hall–Kier alpha value is -3.16. The number of ketones is 1. The molecule has 7 heteroatoms. The highest BCUT2D eigenvalue weighted by Gasteiger charge is 2.12. The van der Waals surface area contributed by atoms with Crippen LogP contribution in [0.4, 0.5) is 0 Å². The van der Waals surface area contributed by atoms with Crippen molar-refractivity contribution in [2.75, 3.05) is 27.4 Å². The molecule has 35 heavy (non-hydrogen) atoms. The van der Waals surface area contributed by atoms with E-state index in [2.05, 4.69) is 29.8 Å². The molecular weight excluding hydrogens is 462 g/mol. The molecule has 1 heterocycles. The number of methoxy groups -OCH3 is 2. The highest BCUT2D eigenvalue weighted by atomic mass is 32.1. The van der Waals surface area contributed by atoms with Crippen LogP contribution < -0.4 is 14.8 Å². The molecule has 0 aliphatic carbocycles. The molecule has 0 radical (unpaired) electrons. The van der Waals surface area contributed by atoms with Crippen LogP contribution in [0, 0.1) is 0 Å². The molecule has 1 aromatic heterocycles. The van der Waals surface area contributed by atoms with Crippen molar-refractivity contribution in [1.29, 1.82) is 0 Å². The number of carbonyl (C=O) groups excluding carboxylic acids is 2. The number of benzene rings is 2. The van der Waals surface area contributed by atoms with Crippen LogP contribution in [-0.4, -0.2) is 39.1 Å². The van der Waals surface area contributed by atoms with Gasteiger partial charge >= 0.3 is 5.97 Å². The minimum absolute atomic E-state index is 0.0404. The zero-order valence-electron chi connectivity index (χ0n) is 20.6. The second-order valence-electron chi connectivity index (χ2n) is 8.17. The first-order valence-corrected chi connectivity index (χ1v) is 12.7. The predicted molar refractivity (Wildman–Crippen MR) is 140 cm³/mol. The van der Waals surface area contributed by atoms with Crippen LogP contribution in [0.5, 0.6) is 11.5 Å². The van der Waals surface area contributed by atoms with Crippen molar-refractivity contribution in [3.05, 3.63) is 69.9 Å². The van der Waals surface area contributed by atoms with Gasteiger partial charge in [-0.05, 0) is 65.7 Å². The van der Waals surface area contributed by atoms with Gasteiger partial charge in [0.05, 0.1) is 27.4 Å². The van der Waals surface area contributed by atoms with E-state index < -0.39 is 0 Å². The quantitative estimate of drug-likeness (QED) is 0.176. The molecule has 6 nitrogen and oxygen atoms in total. The summed E-state index contributed by atoms with van der Waals surface area (Å²) in [5.74, 6) is 1.38. The number of carbonyl (C=O) groups is 2. The fourth-order valence-corrected chi connectivity index (χ4v) is 4.40. The molecule has 1 N–H and O–H groups in total. The largest absolute Gasteiger partial charge is 0.497 e. The molecule has 0 bridgehead atoms. The van der Waals surface area contributed by atoms with Crippen LogP contribution in [0.3, 0.4) is 0 Å². The third kappa shape index (κ3) is 7.94. The van der Waals surface area contributed by atoms with Crippen LogP contribution >= 0.6 is 11.3 Å². The van der Waals surface area contributed by atoms with Gasteiger partial charge in [0.15, 0.2) is 5.78 Å². The zero-order chi connectivity index (χ0) is 25.0. The zero-order valence-corrected chi connectivity index (χ0v) is 21.4. The van der Waals surface area contributed by atoms with Gasteiger partial charge in [-0.3, -0.25) is 9.59 Å². The lowest BCUT2D eigenvalue weighted by Gasteiger charge is -2.13. The Morgan fingerprint density at radius 1 is 1.03 bits per heavy atom. The number of nitrogens with one attached hydrogen (secondary N) is 1. The molecular formula is C28H33NO5S. The summed E-state index contributed by atoms with van der Waals surface area (Å²) >= 11 is 1.65. The summed E-state index contributed by atoms with van der Waals surface area (Å²) in [5.41, 5.74) is 3.81. The van der Waals surface area contributed by atoms with Crippen molar-refractivity contribution in [2.24, 2.45) is 0 Å². The van der Waals surface area contributed by atoms with Gasteiger partial charge in [-0.25, -0.2) is 0 Å². The highest BCUT2D eigenvalue weighted by Crippen LogP contribution is 2.34. The number of esters is 1. The normalized spacial score (nSPS) is 10.7. The Bertz CT molecular complexity index is 1110. The van der Waals surface area contributed by atoms with Crippen molar-refractivity contribution < 1.29 is 23.8 Å². The van der Waals surface area contributed by atoms with Gasteiger partial charge in [0, 0.05) is 29.0 Å². The van der Waals surface area contributed by atoms with Gasteiger partial charge < -0.3 is 19.5 Å². The van der Waals surface area contributed by atoms with E-state index in [0.29, 0.717) is 31.6 Å². The van der Waals surface area contributed by atoms with E-state index in [-0.39, 0.29) is 18.3 Å². The summed E-state index contributed by atoms with van der Waals surface area (Å²) in [6.45, 7) is 3.65. The van der Waals surface area contributed by atoms with E-state index in [1.54, 1.807) is 42.7 Å². The lowest BCUT2D eigenvalue weighted by Crippen LogP contribution is -2.22. The number of Topliss-reactive ketones (excluding diaryl/α,β-unsaturated/α-hetero) is 1.